The van der Waals surface area contributed by atoms with Gasteiger partial charge in [-0.05, 0) is 44.9 Å². The van der Waals surface area contributed by atoms with Crippen LogP contribution in [0.15, 0.2) is 24.3 Å². The zero-order valence-corrected chi connectivity index (χ0v) is 30.9. The van der Waals surface area contributed by atoms with E-state index < -0.39 is 26.5 Å². The minimum atomic E-state index is -4.39. The van der Waals surface area contributed by atoms with Crippen molar-refractivity contribution < 1.29 is 37.9 Å². The Balaban J connectivity index is 3.56. The first-order chi connectivity index (χ1) is 22.8. The van der Waals surface area contributed by atoms with Crippen LogP contribution in [0.4, 0.5) is 0 Å². The van der Waals surface area contributed by atoms with Gasteiger partial charge in [0.25, 0.3) is 0 Å². The van der Waals surface area contributed by atoms with Crippen molar-refractivity contribution >= 4 is 19.7 Å². The number of amides is 1. The molecule has 3 N–H and O–H groups in total. The van der Waals surface area contributed by atoms with Crippen LogP contribution in [0.3, 0.4) is 0 Å². The molecule has 0 aliphatic carbocycles. The number of aliphatic hydroxyl groups excluding tert-OH is 1. The summed E-state index contributed by atoms with van der Waals surface area (Å²) in [5, 5.41) is 12.6. The highest BCUT2D eigenvalue weighted by atomic mass is 31.2. The van der Waals surface area contributed by atoms with Gasteiger partial charge in [-0.2, -0.15) is 0 Å². The number of allylic oxidation sites excluding steroid dienone is 4. The van der Waals surface area contributed by atoms with Crippen LogP contribution >= 0.6 is 7.82 Å². The van der Waals surface area contributed by atoms with Crippen LogP contribution in [0.2, 0.25) is 0 Å². The van der Waals surface area contributed by atoms with Gasteiger partial charge in [0, 0.05) is 19.4 Å². The average molecular weight is 688 g/mol. The Hall–Kier alpha value is -1.51. The highest BCUT2D eigenvalue weighted by molar-refractivity contribution is 7.47. The number of hydrogen-bond donors (Lipinski definition) is 3. The van der Waals surface area contributed by atoms with Crippen molar-refractivity contribution in [3.63, 3.8) is 0 Å². The molecule has 0 saturated carbocycles. The summed E-state index contributed by atoms with van der Waals surface area (Å²) in [6.07, 6.45) is 34.3. The van der Waals surface area contributed by atoms with Crippen LogP contribution < -0.4 is 5.32 Å². The van der Waals surface area contributed by atoms with Crippen LogP contribution in [0.25, 0.3) is 0 Å². The summed E-state index contributed by atoms with van der Waals surface area (Å²) >= 11 is 0. The van der Waals surface area contributed by atoms with Crippen molar-refractivity contribution in [2.24, 2.45) is 0 Å². The van der Waals surface area contributed by atoms with E-state index in [9.17, 15) is 24.2 Å². The zero-order chi connectivity index (χ0) is 34.7. The Bertz CT molecular complexity index is 835. The molecular weight excluding hydrogens is 617 g/mol. The van der Waals surface area contributed by atoms with Crippen molar-refractivity contribution in [1.82, 2.24) is 5.32 Å². The molecule has 1 amide bonds. The van der Waals surface area contributed by atoms with Crippen LogP contribution in [-0.4, -0.2) is 54.3 Å². The summed E-state index contributed by atoms with van der Waals surface area (Å²) in [7, 11) is -4.39. The number of phosphoric acid groups is 1. The van der Waals surface area contributed by atoms with Gasteiger partial charge in [0.2, 0.25) is 5.91 Å². The number of esters is 1. The second kappa shape index (κ2) is 34.4. The Labute approximate surface area is 287 Å². The standard InChI is InChI=1S/C37H70NO8P/c1-3-5-7-9-10-11-12-13-14-15-16-17-18-19-20-21-22-23-24-26-28-30-37(41)44-33-35(39)34-46-47(42,43)45-32-31-38-36(40)29-27-25-8-6-4-2/h10-11,13-14,35,39H,3-9,12,15-34H2,1-2H3,(H,38,40)(H,42,43)/b11-10-,14-13-. The van der Waals surface area contributed by atoms with E-state index in [0.717, 1.165) is 57.8 Å². The van der Waals surface area contributed by atoms with Gasteiger partial charge in [-0.15, -0.1) is 0 Å². The third-order valence-electron chi connectivity index (χ3n) is 7.88. The molecular formula is C37H70NO8P. The second-order valence-electron chi connectivity index (χ2n) is 12.6. The fourth-order valence-corrected chi connectivity index (χ4v) is 5.75. The number of carbonyl (C=O) groups excluding carboxylic acids is 2. The first-order valence-corrected chi connectivity index (χ1v) is 20.3. The van der Waals surface area contributed by atoms with Gasteiger partial charge >= 0.3 is 13.8 Å². The number of rotatable bonds is 35. The minimum Gasteiger partial charge on any atom is -0.463 e. The molecule has 0 aliphatic rings. The molecule has 276 valence electrons. The predicted octanol–water partition coefficient (Wildman–Crippen LogP) is 9.65. The summed E-state index contributed by atoms with van der Waals surface area (Å²) in [6, 6.07) is 0. The quantitative estimate of drug-likeness (QED) is 0.0260. The monoisotopic (exact) mass is 687 g/mol. The minimum absolute atomic E-state index is 0.0817. The lowest BCUT2D eigenvalue weighted by molar-refractivity contribution is -0.147. The maximum atomic E-state index is 12.0. The van der Waals surface area contributed by atoms with Crippen LogP contribution in [0.5, 0.6) is 0 Å². The Morgan fingerprint density at radius 2 is 1.15 bits per heavy atom. The fraction of sp³-hybridized carbons (Fsp3) is 0.838. The van der Waals surface area contributed by atoms with E-state index in [1.165, 1.54) is 83.5 Å². The van der Waals surface area contributed by atoms with Gasteiger partial charge in [-0.25, -0.2) is 4.57 Å². The molecule has 0 spiro atoms. The van der Waals surface area contributed by atoms with Crippen molar-refractivity contribution in [1.29, 1.82) is 0 Å². The Kier molecular flexibility index (Phi) is 33.3. The molecule has 0 rings (SSSR count). The summed E-state index contributed by atoms with van der Waals surface area (Å²) < 4.78 is 26.6. The SMILES string of the molecule is CCCCC/C=C\C/C=C\CCCCCCCCCCCCCC(=O)OCC(O)COP(=O)(O)OCCNC(=O)CCCCCCC. The third-order valence-corrected chi connectivity index (χ3v) is 8.87. The highest BCUT2D eigenvalue weighted by Gasteiger charge is 2.23. The first-order valence-electron chi connectivity index (χ1n) is 18.8. The number of nitrogens with one attached hydrogen (secondary N) is 1. The lowest BCUT2D eigenvalue weighted by Crippen LogP contribution is -2.27. The molecule has 10 heteroatoms. The van der Waals surface area contributed by atoms with Gasteiger partial charge in [0.05, 0.1) is 13.2 Å². The van der Waals surface area contributed by atoms with E-state index in [-0.39, 0.29) is 32.1 Å². The highest BCUT2D eigenvalue weighted by Crippen LogP contribution is 2.42. The van der Waals surface area contributed by atoms with E-state index in [1.807, 2.05) is 0 Å². The molecule has 0 saturated heterocycles. The largest absolute Gasteiger partial charge is 0.472 e. The van der Waals surface area contributed by atoms with E-state index in [1.54, 1.807) is 0 Å². The number of hydrogen-bond acceptors (Lipinski definition) is 7. The van der Waals surface area contributed by atoms with E-state index in [0.29, 0.717) is 6.42 Å². The van der Waals surface area contributed by atoms with E-state index in [4.69, 9.17) is 13.8 Å². The fourth-order valence-electron chi connectivity index (χ4n) is 5.00. The second-order valence-corrected chi connectivity index (χ2v) is 14.0. The van der Waals surface area contributed by atoms with Gasteiger partial charge in [0.1, 0.15) is 12.7 Å². The summed E-state index contributed by atoms with van der Waals surface area (Å²) in [4.78, 5) is 33.5. The maximum Gasteiger partial charge on any atom is 0.472 e. The lowest BCUT2D eigenvalue weighted by atomic mass is 10.0. The number of phosphoric ester groups is 1. The van der Waals surface area contributed by atoms with Crippen molar-refractivity contribution in [2.75, 3.05) is 26.4 Å². The molecule has 0 aromatic rings. The van der Waals surface area contributed by atoms with Crippen LogP contribution in [0, 0.1) is 0 Å². The molecule has 2 unspecified atom stereocenters. The molecule has 0 heterocycles. The third kappa shape index (κ3) is 35.6. The Morgan fingerprint density at radius 1 is 0.660 bits per heavy atom. The predicted molar refractivity (Wildman–Crippen MR) is 192 cm³/mol. The lowest BCUT2D eigenvalue weighted by Gasteiger charge is -2.15. The Morgan fingerprint density at radius 3 is 1.74 bits per heavy atom. The van der Waals surface area contributed by atoms with Crippen LogP contribution in [0.1, 0.15) is 168 Å². The molecule has 9 nitrogen and oxygen atoms in total. The summed E-state index contributed by atoms with van der Waals surface area (Å²) in [5.41, 5.74) is 0. The molecule has 47 heavy (non-hydrogen) atoms. The first kappa shape index (κ1) is 45.5. The number of ether oxygens (including phenoxy) is 1. The van der Waals surface area contributed by atoms with Gasteiger partial charge < -0.3 is 20.1 Å². The van der Waals surface area contributed by atoms with Gasteiger partial charge in [0.15, 0.2) is 0 Å². The normalized spacial score (nSPS) is 13.7. The molecule has 0 radical (unpaired) electrons. The van der Waals surface area contributed by atoms with E-state index in [2.05, 4.69) is 43.5 Å². The van der Waals surface area contributed by atoms with Crippen LogP contribution in [-0.2, 0) is 27.9 Å². The molecule has 0 fully saturated rings. The average Bonchev–Trinajstić information content (AvgIpc) is 3.05. The molecule has 2 atom stereocenters. The molecule has 0 aliphatic heterocycles. The van der Waals surface area contributed by atoms with Gasteiger partial charge in [-0.3, -0.25) is 18.6 Å². The zero-order valence-electron chi connectivity index (χ0n) is 30.0. The topological polar surface area (TPSA) is 131 Å². The summed E-state index contributed by atoms with van der Waals surface area (Å²) in [6.45, 7) is 3.43. The van der Waals surface area contributed by atoms with E-state index >= 15 is 0 Å². The number of aliphatic hydroxyl groups is 1. The van der Waals surface area contributed by atoms with Crippen molar-refractivity contribution in [3.8, 4) is 0 Å². The molecule has 0 bridgehead atoms. The summed E-state index contributed by atoms with van der Waals surface area (Å²) in [5.74, 6) is -0.530. The number of unbranched alkanes of at least 4 members (excludes halogenated alkanes) is 18. The van der Waals surface area contributed by atoms with Gasteiger partial charge in [-0.1, -0.05) is 134 Å². The van der Waals surface area contributed by atoms with Crippen molar-refractivity contribution in [2.45, 2.75) is 174 Å². The smallest absolute Gasteiger partial charge is 0.463 e. The number of carbonyl (C=O) groups is 2. The maximum absolute atomic E-state index is 12.0. The molecule has 0 aromatic carbocycles. The van der Waals surface area contributed by atoms with Crippen molar-refractivity contribution in [3.05, 3.63) is 24.3 Å². The molecule has 0 aromatic heterocycles.